The number of hydrogen-bond acceptors (Lipinski definition) is 7. The van der Waals surface area contributed by atoms with Gasteiger partial charge >= 0.3 is 0 Å². The molecular formula is C35H51NO7. The Morgan fingerprint density at radius 3 is 2.44 bits per heavy atom. The number of carbonyl (C=O) groups excluding carboxylic acids is 1. The van der Waals surface area contributed by atoms with Crippen LogP contribution in [0.3, 0.4) is 0 Å². The largest absolute Gasteiger partial charge is 0.389 e. The smallest absolute Gasteiger partial charge is 0.251 e. The molecule has 6 rings (SSSR count). The Morgan fingerprint density at radius 1 is 0.977 bits per heavy atom. The summed E-state index contributed by atoms with van der Waals surface area (Å²) in [5, 5.41) is 46.3. The van der Waals surface area contributed by atoms with E-state index in [0.717, 1.165) is 57.8 Å². The summed E-state index contributed by atoms with van der Waals surface area (Å²) in [5.74, 6) is 0.855. The predicted molar refractivity (Wildman–Crippen MR) is 162 cm³/mol. The average molecular weight is 598 g/mol. The molecule has 4 fully saturated rings. The van der Waals surface area contributed by atoms with E-state index in [1.165, 1.54) is 11.1 Å². The van der Waals surface area contributed by atoms with Crippen LogP contribution in [0.15, 0.2) is 35.9 Å². The summed E-state index contributed by atoms with van der Waals surface area (Å²) in [6.45, 7) is 9.07. The molecule has 1 aromatic carbocycles. The topological polar surface area (TPSA) is 128 Å². The second-order valence-corrected chi connectivity index (χ2v) is 14.6. The molecule has 4 aliphatic carbocycles. The maximum atomic E-state index is 12.6. The Kier molecular flexibility index (Phi) is 8.36. The Bertz CT molecular complexity index is 1220. The molecule has 1 aliphatic heterocycles. The fourth-order valence-corrected chi connectivity index (χ4v) is 9.81. The van der Waals surface area contributed by atoms with Crippen molar-refractivity contribution in [2.45, 2.75) is 134 Å². The molecule has 1 heterocycles. The van der Waals surface area contributed by atoms with E-state index in [1.54, 1.807) is 6.92 Å². The fourth-order valence-electron chi connectivity index (χ4n) is 9.81. The number of fused-ring (bicyclic) bond motifs is 5. The third-order valence-corrected chi connectivity index (χ3v) is 12.5. The zero-order chi connectivity index (χ0) is 30.7. The summed E-state index contributed by atoms with van der Waals surface area (Å²) in [6, 6.07) is 8.08. The lowest BCUT2D eigenvalue weighted by atomic mass is 9.45. The van der Waals surface area contributed by atoms with E-state index in [4.69, 9.17) is 9.47 Å². The maximum Gasteiger partial charge on any atom is 0.251 e. The Balaban J connectivity index is 1.17. The third kappa shape index (κ3) is 5.01. The molecule has 0 spiro atoms. The van der Waals surface area contributed by atoms with Gasteiger partial charge in [-0.15, -0.1) is 0 Å². The molecule has 12 atom stereocenters. The number of amides is 1. The standard InChI is InChI=1S/C35H51NO7/c1-5-18-36-31(40)22-8-6-21(7-9-22)25-14-17-35(41)27-11-10-23-19-24(43-32-30(39)29(38)28(37)20(2)42-32)12-15-33(23,3)26(27)13-16-34(25,35)4/h6-9,19-20,24-30,32,37-39,41H,5,10-18H2,1-4H3,(H,36,40)/t20-,24-,25+,26-,27+,28-,29+,30+,32-,33-,34+,35-/m0/s1. The molecule has 8 nitrogen and oxygen atoms in total. The van der Waals surface area contributed by atoms with Crippen LogP contribution in [-0.4, -0.2) is 75.3 Å². The molecule has 1 saturated heterocycles. The van der Waals surface area contributed by atoms with Crippen LogP contribution in [0.5, 0.6) is 0 Å². The minimum absolute atomic E-state index is 0.0134. The molecule has 1 aromatic rings. The first-order valence-electron chi connectivity index (χ1n) is 16.6. The van der Waals surface area contributed by atoms with Gasteiger partial charge in [-0.2, -0.15) is 0 Å². The lowest BCUT2D eigenvalue weighted by Gasteiger charge is -2.62. The number of nitrogens with one attached hydrogen (secondary N) is 1. The summed E-state index contributed by atoms with van der Waals surface area (Å²) in [5.41, 5.74) is 2.33. The van der Waals surface area contributed by atoms with Gasteiger partial charge < -0.3 is 35.2 Å². The Labute approximate surface area is 255 Å². The van der Waals surface area contributed by atoms with Gasteiger partial charge in [-0.1, -0.05) is 44.6 Å². The van der Waals surface area contributed by atoms with Crippen molar-refractivity contribution in [3.8, 4) is 0 Å². The van der Waals surface area contributed by atoms with Gasteiger partial charge in [0.25, 0.3) is 5.91 Å². The number of benzene rings is 1. The molecule has 0 unspecified atom stereocenters. The van der Waals surface area contributed by atoms with E-state index < -0.39 is 36.3 Å². The lowest BCUT2D eigenvalue weighted by Crippen LogP contribution is -2.60. The minimum atomic E-state index is -1.30. The number of allylic oxidation sites excluding steroid dienone is 1. The van der Waals surface area contributed by atoms with E-state index in [2.05, 4.69) is 37.4 Å². The highest BCUT2D eigenvalue weighted by atomic mass is 16.7. The zero-order valence-corrected chi connectivity index (χ0v) is 26.2. The molecule has 43 heavy (non-hydrogen) atoms. The molecular weight excluding hydrogens is 546 g/mol. The van der Waals surface area contributed by atoms with Crippen molar-refractivity contribution in [1.82, 2.24) is 5.32 Å². The quantitative estimate of drug-likeness (QED) is 0.311. The van der Waals surface area contributed by atoms with Gasteiger partial charge in [0.15, 0.2) is 6.29 Å². The van der Waals surface area contributed by atoms with Crippen molar-refractivity contribution in [2.75, 3.05) is 6.54 Å². The van der Waals surface area contributed by atoms with E-state index >= 15 is 0 Å². The van der Waals surface area contributed by atoms with Crippen LogP contribution in [-0.2, 0) is 9.47 Å². The second-order valence-electron chi connectivity index (χ2n) is 14.6. The van der Waals surface area contributed by atoms with Crippen molar-refractivity contribution < 1.29 is 34.7 Å². The molecule has 0 bridgehead atoms. The molecule has 1 amide bonds. The van der Waals surface area contributed by atoms with Crippen LogP contribution in [0.2, 0.25) is 0 Å². The van der Waals surface area contributed by atoms with Crippen molar-refractivity contribution in [2.24, 2.45) is 22.7 Å². The number of rotatable bonds is 6. The van der Waals surface area contributed by atoms with Crippen molar-refractivity contribution in [3.63, 3.8) is 0 Å². The van der Waals surface area contributed by atoms with E-state index in [-0.39, 0.29) is 34.7 Å². The SMILES string of the molecule is CCCNC(=O)c1ccc([C@H]2CC[C@]3(O)[C@@H]4CCC5=C[C@@H](O[C@@H]6O[C@@H](C)[C@H](O)[C@@H](O)[C@H]6O)CC[C@]5(C)[C@H]4CC[C@]23C)cc1. The van der Waals surface area contributed by atoms with Crippen molar-refractivity contribution >= 4 is 5.91 Å². The molecule has 5 N–H and O–H groups in total. The van der Waals surface area contributed by atoms with Gasteiger partial charge in [-0.25, -0.2) is 0 Å². The molecule has 3 saturated carbocycles. The maximum absolute atomic E-state index is 12.6. The number of ether oxygens (including phenoxy) is 2. The van der Waals surface area contributed by atoms with Crippen molar-refractivity contribution in [3.05, 3.63) is 47.0 Å². The van der Waals surface area contributed by atoms with Gasteiger partial charge in [0.2, 0.25) is 0 Å². The summed E-state index contributed by atoms with van der Waals surface area (Å²) in [4.78, 5) is 12.5. The number of aliphatic hydroxyl groups is 4. The molecule has 0 aromatic heterocycles. The minimum Gasteiger partial charge on any atom is -0.389 e. The summed E-state index contributed by atoms with van der Waals surface area (Å²) in [6.07, 6.45) is 4.90. The van der Waals surface area contributed by atoms with Crippen LogP contribution in [0.1, 0.15) is 107 Å². The van der Waals surface area contributed by atoms with Gasteiger partial charge in [-0.05, 0) is 106 Å². The van der Waals surface area contributed by atoms with Crippen LogP contribution < -0.4 is 5.32 Å². The Morgan fingerprint density at radius 2 is 1.72 bits per heavy atom. The van der Waals surface area contributed by atoms with Gasteiger partial charge in [0.05, 0.1) is 17.8 Å². The summed E-state index contributed by atoms with van der Waals surface area (Å²) in [7, 11) is 0. The molecule has 8 heteroatoms. The van der Waals surface area contributed by atoms with Gasteiger partial charge in [0, 0.05) is 17.5 Å². The number of carbonyl (C=O) groups is 1. The first-order valence-corrected chi connectivity index (χ1v) is 16.6. The van der Waals surface area contributed by atoms with Gasteiger partial charge in [-0.3, -0.25) is 4.79 Å². The fraction of sp³-hybridized carbons (Fsp3) is 0.743. The normalized spacial score (nSPS) is 45.9. The number of hydrogen-bond donors (Lipinski definition) is 5. The Hall–Kier alpha value is -1.81. The molecule has 238 valence electrons. The monoisotopic (exact) mass is 597 g/mol. The second kappa shape index (κ2) is 11.5. The predicted octanol–water partition coefficient (Wildman–Crippen LogP) is 4.20. The van der Waals surface area contributed by atoms with Gasteiger partial charge in [0.1, 0.15) is 18.3 Å². The van der Waals surface area contributed by atoms with Crippen LogP contribution in [0.25, 0.3) is 0 Å². The van der Waals surface area contributed by atoms with Crippen LogP contribution in [0.4, 0.5) is 0 Å². The van der Waals surface area contributed by atoms with E-state index in [9.17, 15) is 25.2 Å². The highest BCUT2D eigenvalue weighted by molar-refractivity contribution is 5.94. The summed E-state index contributed by atoms with van der Waals surface area (Å²) >= 11 is 0. The zero-order valence-electron chi connectivity index (χ0n) is 26.2. The van der Waals surface area contributed by atoms with Crippen LogP contribution in [0, 0.1) is 22.7 Å². The van der Waals surface area contributed by atoms with E-state index in [1.807, 2.05) is 19.1 Å². The average Bonchev–Trinajstić information content (AvgIpc) is 3.28. The first-order chi connectivity index (χ1) is 20.4. The van der Waals surface area contributed by atoms with Crippen molar-refractivity contribution in [1.29, 1.82) is 0 Å². The highest BCUT2D eigenvalue weighted by Gasteiger charge is 2.66. The molecule has 5 aliphatic rings. The van der Waals surface area contributed by atoms with Crippen LogP contribution >= 0.6 is 0 Å². The first kappa shape index (κ1) is 31.2. The highest BCUT2D eigenvalue weighted by Crippen LogP contribution is 2.70. The molecule has 0 radical (unpaired) electrons. The lowest BCUT2D eigenvalue weighted by molar-refractivity contribution is -0.301. The summed E-state index contributed by atoms with van der Waals surface area (Å²) < 4.78 is 11.9. The third-order valence-electron chi connectivity index (χ3n) is 12.5. The van der Waals surface area contributed by atoms with E-state index in [0.29, 0.717) is 18.0 Å². The number of aliphatic hydroxyl groups excluding tert-OH is 3.